The summed E-state index contributed by atoms with van der Waals surface area (Å²) in [5.74, 6) is -0.342. The molecule has 1 aliphatic rings. The van der Waals surface area contributed by atoms with Crippen LogP contribution in [-0.4, -0.2) is 58.3 Å². The number of carbonyl (C=O) groups is 2. The molecule has 30 heavy (non-hydrogen) atoms. The van der Waals surface area contributed by atoms with E-state index in [9.17, 15) is 14.7 Å². The van der Waals surface area contributed by atoms with E-state index in [4.69, 9.17) is 4.74 Å². The van der Waals surface area contributed by atoms with Crippen molar-refractivity contribution in [1.29, 1.82) is 0 Å². The summed E-state index contributed by atoms with van der Waals surface area (Å²) in [4.78, 5) is 32.5. The van der Waals surface area contributed by atoms with E-state index in [0.29, 0.717) is 12.2 Å². The number of nitrogens with zero attached hydrogens (tertiary/aromatic N) is 2. The Morgan fingerprint density at radius 1 is 1.07 bits per heavy atom. The van der Waals surface area contributed by atoms with Gasteiger partial charge in [0, 0.05) is 30.8 Å². The van der Waals surface area contributed by atoms with Crippen molar-refractivity contribution >= 4 is 11.8 Å². The number of aliphatic hydroxyl groups is 1. The summed E-state index contributed by atoms with van der Waals surface area (Å²) in [6, 6.07) is 8.75. The van der Waals surface area contributed by atoms with Gasteiger partial charge in [0.2, 0.25) is 11.8 Å². The Bertz CT molecular complexity index is 845. The SMILES string of the molecule is O=C(C[C@H]1C=C[C@@H](NC(=O)Cc2ccccn2)[C@H](CO)O1)NCCc1ccncc1. The number of pyridine rings is 2. The van der Waals surface area contributed by atoms with Gasteiger partial charge in [0.15, 0.2) is 0 Å². The summed E-state index contributed by atoms with van der Waals surface area (Å²) in [7, 11) is 0. The fraction of sp³-hybridized carbons (Fsp3) is 0.364. The quantitative estimate of drug-likeness (QED) is 0.521. The molecule has 8 heteroatoms. The molecule has 0 saturated heterocycles. The van der Waals surface area contributed by atoms with Crippen molar-refractivity contribution in [1.82, 2.24) is 20.6 Å². The van der Waals surface area contributed by atoms with Gasteiger partial charge in [-0.05, 0) is 36.2 Å². The van der Waals surface area contributed by atoms with E-state index in [0.717, 1.165) is 12.0 Å². The molecule has 158 valence electrons. The number of aromatic nitrogens is 2. The van der Waals surface area contributed by atoms with Gasteiger partial charge in [0.25, 0.3) is 0 Å². The lowest BCUT2D eigenvalue weighted by Crippen LogP contribution is -2.49. The Kier molecular flexibility index (Phi) is 8.05. The Morgan fingerprint density at radius 3 is 2.63 bits per heavy atom. The third-order valence-corrected chi connectivity index (χ3v) is 4.73. The number of rotatable bonds is 9. The van der Waals surface area contributed by atoms with Crippen LogP contribution in [0.5, 0.6) is 0 Å². The first-order chi connectivity index (χ1) is 14.6. The van der Waals surface area contributed by atoms with Gasteiger partial charge in [-0.3, -0.25) is 19.6 Å². The van der Waals surface area contributed by atoms with E-state index < -0.39 is 18.2 Å². The maximum atomic E-state index is 12.2. The monoisotopic (exact) mass is 410 g/mol. The third-order valence-electron chi connectivity index (χ3n) is 4.73. The molecule has 3 atom stereocenters. The van der Waals surface area contributed by atoms with E-state index in [2.05, 4.69) is 20.6 Å². The van der Waals surface area contributed by atoms with Gasteiger partial charge in [0.1, 0.15) is 6.10 Å². The molecule has 3 rings (SSSR count). The summed E-state index contributed by atoms with van der Waals surface area (Å²) < 4.78 is 5.80. The largest absolute Gasteiger partial charge is 0.394 e. The van der Waals surface area contributed by atoms with E-state index in [1.807, 2.05) is 18.2 Å². The highest BCUT2D eigenvalue weighted by molar-refractivity contribution is 5.79. The van der Waals surface area contributed by atoms with Gasteiger partial charge in [-0.1, -0.05) is 18.2 Å². The van der Waals surface area contributed by atoms with E-state index in [1.165, 1.54) is 0 Å². The van der Waals surface area contributed by atoms with Crippen molar-refractivity contribution in [2.24, 2.45) is 0 Å². The number of ether oxygens (including phenoxy) is 1. The molecule has 1 aliphatic heterocycles. The maximum absolute atomic E-state index is 12.2. The topological polar surface area (TPSA) is 113 Å². The molecule has 2 aromatic rings. The molecule has 3 N–H and O–H groups in total. The second-order valence-electron chi connectivity index (χ2n) is 7.03. The molecule has 0 aromatic carbocycles. The highest BCUT2D eigenvalue weighted by Crippen LogP contribution is 2.16. The van der Waals surface area contributed by atoms with E-state index in [-0.39, 0.29) is 31.3 Å². The Hall–Kier alpha value is -3.10. The second-order valence-corrected chi connectivity index (χ2v) is 7.03. The van der Waals surface area contributed by atoms with Crippen LogP contribution in [0.1, 0.15) is 17.7 Å². The highest BCUT2D eigenvalue weighted by Gasteiger charge is 2.29. The Labute approximate surface area is 175 Å². The van der Waals surface area contributed by atoms with Crippen molar-refractivity contribution in [2.75, 3.05) is 13.2 Å². The van der Waals surface area contributed by atoms with Gasteiger partial charge in [-0.15, -0.1) is 0 Å². The average Bonchev–Trinajstić information content (AvgIpc) is 2.76. The smallest absolute Gasteiger partial charge is 0.226 e. The maximum Gasteiger partial charge on any atom is 0.226 e. The molecule has 2 amide bonds. The minimum Gasteiger partial charge on any atom is -0.394 e. The fourth-order valence-corrected chi connectivity index (χ4v) is 3.19. The van der Waals surface area contributed by atoms with E-state index >= 15 is 0 Å². The molecule has 0 saturated carbocycles. The van der Waals surface area contributed by atoms with Crippen LogP contribution in [0.4, 0.5) is 0 Å². The molecular weight excluding hydrogens is 384 g/mol. The normalized spacial score (nSPS) is 20.5. The molecule has 0 bridgehead atoms. The zero-order valence-corrected chi connectivity index (χ0v) is 16.6. The number of hydrogen-bond donors (Lipinski definition) is 3. The zero-order valence-electron chi connectivity index (χ0n) is 16.6. The van der Waals surface area contributed by atoms with Crippen LogP contribution in [-0.2, 0) is 27.2 Å². The van der Waals surface area contributed by atoms with Crippen LogP contribution in [0.25, 0.3) is 0 Å². The molecule has 2 aromatic heterocycles. The molecule has 0 spiro atoms. The first-order valence-electron chi connectivity index (χ1n) is 9.93. The van der Waals surface area contributed by atoms with E-state index in [1.54, 1.807) is 42.9 Å². The first kappa shape index (κ1) is 21.6. The summed E-state index contributed by atoms with van der Waals surface area (Å²) in [6.45, 7) is 0.258. The average molecular weight is 410 g/mol. The number of nitrogens with one attached hydrogen (secondary N) is 2. The fourth-order valence-electron chi connectivity index (χ4n) is 3.19. The van der Waals surface area contributed by atoms with Crippen molar-refractivity contribution in [3.63, 3.8) is 0 Å². The van der Waals surface area contributed by atoms with Gasteiger partial charge in [-0.2, -0.15) is 0 Å². The number of carbonyl (C=O) groups excluding carboxylic acids is 2. The predicted molar refractivity (Wildman–Crippen MR) is 110 cm³/mol. The van der Waals surface area contributed by atoms with Crippen LogP contribution in [0.2, 0.25) is 0 Å². The molecule has 0 unspecified atom stereocenters. The van der Waals surface area contributed by atoms with Crippen LogP contribution >= 0.6 is 0 Å². The van der Waals surface area contributed by atoms with Crippen LogP contribution in [0, 0.1) is 0 Å². The molecule has 0 aliphatic carbocycles. The molecule has 3 heterocycles. The standard InChI is InChI=1S/C22H26N4O4/c27-15-20-19(26-22(29)13-17-3-1-2-9-24-17)5-4-18(30-20)14-21(28)25-12-8-16-6-10-23-11-7-16/h1-7,9-11,18-20,27H,8,12-15H2,(H,25,28)(H,26,29)/t18-,19-,20+/m1/s1. The van der Waals surface area contributed by atoms with Crippen LogP contribution < -0.4 is 10.6 Å². The summed E-state index contributed by atoms with van der Waals surface area (Å²) in [5.41, 5.74) is 1.77. The van der Waals surface area contributed by atoms with Crippen LogP contribution in [0.3, 0.4) is 0 Å². The van der Waals surface area contributed by atoms with Crippen molar-refractivity contribution < 1.29 is 19.4 Å². The Morgan fingerprint density at radius 2 is 1.90 bits per heavy atom. The minimum atomic E-state index is -0.614. The van der Waals surface area contributed by atoms with Crippen molar-refractivity contribution in [3.8, 4) is 0 Å². The Balaban J connectivity index is 1.44. The number of amides is 2. The lowest BCUT2D eigenvalue weighted by Gasteiger charge is -2.31. The molecular formula is C22H26N4O4. The summed E-state index contributed by atoms with van der Waals surface area (Å²) in [5, 5.41) is 15.4. The van der Waals surface area contributed by atoms with Gasteiger partial charge in [0.05, 0.1) is 31.6 Å². The van der Waals surface area contributed by atoms with Gasteiger partial charge < -0.3 is 20.5 Å². The minimum absolute atomic E-state index is 0.131. The van der Waals surface area contributed by atoms with Gasteiger partial charge >= 0.3 is 0 Å². The summed E-state index contributed by atoms with van der Waals surface area (Å²) >= 11 is 0. The zero-order chi connectivity index (χ0) is 21.2. The highest BCUT2D eigenvalue weighted by atomic mass is 16.5. The third kappa shape index (κ3) is 6.75. The van der Waals surface area contributed by atoms with Gasteiger partial charge in [-0.25, -0.2) is 0 Å². The predicted octanol–water partition coefficient (Wildman–Crippen LogP) is 0.569. The number of hydrogen-bond acceptors (Lipinski definition) is 6. The lowest BCUT2D eigenvalue weighted by atomic mass is 10.0. The molecule has 0 fully saturated rings. The lowest BCUT2D eigenvalue weighted by molar-refractivity contribution is -0.128. The van der Waals surface area contributed by atoms with Crippen LogP contribution in [0.15, 0.2) is 61.1 Å². The van der Waals surface area contributed by atoms with Crippen molar-refractivity contribution in [2.45, 2.75) is 37.5 Å². The molecule has 0 radical (unpaired) electrons. The summed E-state index contributed by atoms with van der Waals surface area (Å²) in [6.07, 6.45) is 8.55. The first-order valence-corrected chi connectivity index (χ1v) is 9.93. The molecule has 8 nitrogen and oxygen atoms in total. The van der Waals surface area contributed by atoms with Crippen molar-refractivity contribution in [3.05, 3.63) is 72.3 Å². The second kappa shape index (κ2) is 11.2. The number of aliphatic hydroxyl groups excluding tert-OH is 1.